The summed E-state index contributed by atoms with van der Waals surface area (Å²) in [6, 6.07) is 1.83. The van der Waals surface area contributed by atoms with Crippen LogP contribution in [0, 0.1) is 6.92 Å². The fourth-order valence-corrected chi connectivity index (χ4v) is 2.92. The summed E-state index contributed by atoms with van der Waals surface area (Å²) in [4.78, 5) is 9.70. The number of aromatic nitrogens is 4. The van der Waals surface area contributed by atoms with Gasteiger partial charge in [0.2, 0.25) is 0 Å². The van der Waals surface area contributed by atoms with E-state index in [0.29, 0.717) is 24.7 Å². The normalized spacial score (nSPS) is 22.3. The molecular weight excluding hydrogens is 323 g/mol. The summed E-state index contributed by atoms with van der Waals surface area (Å²) in [7, 11) is 0. The van der Waals surface area contributed by atoms with Gasteiger partial charge in [0.05, 0.1) is 18.8 Å². The molecule has 2 aromatic heterocycles. The average Bonchev–Trinajstić information content (AvgIpc) is 2.97. The molecule has 0 radical (unpaired) electrons. The molecule has 1 aliphatic heterocycles. The van der Waals surface area contributed by atoms with Gasteiger partial charge in [-0.3, -0.25) is 0 Å². The summed E-state index contributed by atoms with van der Waals surface area (Å²) in [5, 5.41) is 3.66. The zero-order valence-corrected chi connectivity index (χ0v) is 13.8. The molecule has 1 saturated heterocycles. The number of hydrogen-bond donors (Lipinski definition) is 0. The third-order valence-electron chi connectivity index (χ3n) is 4.26. The lowest BCUT2D eigenvalue weighted by atomic mass is 10.1. The number of nitrogens with zero attached hydrogens (tertiary/aromatic N) is 5. The van der Waals surface area contributed by atoms with Crippen molar-refractivity contribution < 1.29 is 17.9 Å². The highest BCUT2D eigenvalue weighted by molar-refractivity contribution is 5.49. The monoisotopic (exact) mass is 343 g/mol. The molecule has 24 heavy (non-hydrogen) atoms. The summed E-state index contributed by atoms with van der Waals surface area (Å²) >= 11 is 0. The van der Waals surface area contributed by atoms with Crippen molar-refractivity contribution in [1.82, 2.24) is 19.6 Å². The van der Waals surface area contributed by atoms with Crippen LogP contribution in [0.25, 0.3) is 5.78 Å². The third kappa shape index (κ3) is 3.04. The van der Waals surface area contributed by atoms with E-state index in [2.05, 4.69) is 20.0 Å². The first kappa shape index (κ1) is 16.9. The number of halogens is 3. The maximum Gasteiger partial charge on any atom is 0.453 e. The fraction of sp³-hybridized carbons (Fsp3) is 0.667. The van der Waals surface area contributed by atoms with E-state index in [1.165, 1.54) is 4.52 Å². The fourth-order valence-electron chi connectivity index (χ4n) is 2.92. The van der Waals surface area contributed by atoms with Crippen molar-refractivity contribution in [2.75, 3.05) is 18.1 Å². The van der Waals surface area contributed by atoms with Crippen LogP contribution in [0.1, 0.15) is 38.2 Å². The quantitative estimate of drug-likeness (QED) is 0.858. The summed E-state index contributed by atoms with van der Waals surface area (Å²) in [6.07, 6.45) is -2.90. The standard InChI is InChI=1S/C15H20F3N5O/c1-4-10-8-24-11(5-2)7-22(10)12-6-9(3)19-14-20-13(15(16,17)18)21-23(12)14/h6,10-11H,4-5,7-8H2,1-3H3. The van der Waals surface area contributed by atoms with Crippen LogP contribution < -0.4 is 4.90 Å². The molecular formula is C15H20F3N5O. The van der Waals surface area contributed by atoms with Gasteiger partial charge in [0, 0.05) is 18.3 Å². The van der Waals surface area contributed by atoms with E-state index in [1.807, 2.05) is 13.8 Å². The summed E-state index contributed by atoms with van der Waals surface area (Å²) in [5.41, 5.74) is 0.605. The van der Waals surface area contributed by atoms with Crippen LogP contribution in [0.2, 0.25) is 0 Å². The molecule has 2 atom stereocenters. The lowest BCUT2D eigenvalue weighted by Gasteiger charge is -2.40. The molecule has 0 N–H and O–H groups in total. The van der Waals surface area contributed by atoms with Crippen molar-refractivity contribution in [1.29, 1.82) is 0 Å². The van der Waals surface area contributed by atoms with Crippen molar-refractivity contribution in [2.24, 2.45) is 0 Å². The maximum absolute atomic E-state index is 13.0. The number of rotatable bonds is 3. The van der Waals surface area contributed by atoms with Gasteiger partial charge < -0.3 is 9.64 Å². The van der Waals surface area contributed by atoms with Crippen molar-refractivity contribution in [3.8, 4) is 0 Å². The van der Waals surface area contributed by atoms with E-state index in [9.17, 15) is 13.2 Å². The van der Waals surface area contributed by atoms with Gasteiger partial charge in [0.25, 0.3) is 11.6 Å². The zero-order valence-electron chi connectivity index (χ0n) is 13.8. The summed E-state index contributed by atoms with van der Waals surface area (Å²) in [6.45, 7) is 6.94. The predicted octanol–water partition coefficient (Wildman–Crippen LogP) is 2.85. The highest BCUT2D eigenvalue weighted by Crippen LogP contribution is 2.29. The second kappa shape index (κ2) is 6.19. The Morgan fingerprint density at radius 3 is 2.62 bits per heavy atom. The molecule has 9 heteroatoms. The van der Waals surface area contributed by atoms with Crippen molar-refractivity contribution in [3.63, 3.8) is 0 Å². The van der Waals surface area contributed by atoms with Crippen LogP contribution in [0.15, 0.2) is 6.07 Å². The molecule has 0 saturated carbocycles. The molecule has 1 fully saturated rings. The van der Waals surface area contributed by atoms with E-state index >= 15 is 0 Å². The SMILES string of the molecule is CCC1CN(c2cc(C)nc3nc(C(F)(F)F)nn23)C(CC)CO1. The largest absolute Gasteiger partial charge is 0.453 e. The van der Waals surface area contributed by atoms with Gasteiger partial charge in [-0.1, -0.05) is 13.8 Å². The van der Waals surface area contributed by atoms with Crippen LogP contribution in [0.4, 0.5) is 19.0 Å². The van der Waals surface area contributed by atoms with Crippen LogP contribution in [-0.4, -0.2) is 44.9 Å². The Morgan fingerprint density at radius 2 is 2.00 bits per heavy atom. The van der Waals surface area contributed by atoms with Gasteiger partial charge in [-0.15, -0.1) is 5.10 Å². The molecule has 0 bridgehead atoms. The maximum atomic E-state index is 13.0. The summed E-state index contributed by atoms with van der Waals surface area (Å²) in [5.74, 6) is -0.629. The highest BCUT2D eigenvalue weighted by Gasteiger charge is 2.37. The second-order valence-electron chi connectivity index (χ2n) is 5.98. The molecule has 6 nitrogen and oxygen atoms in total. The minimum Gasteiger partial charge on any atom is -0.374 e. The van der Waals surface area contributed by atoms with Crippen molar-refractivity contribution in [3.05, 3.63) is 17.6 Å². The molecule has 2 aromatic rings. The molecule has 2 unspecified atom stereocenters. The number of morpholine rings is 1. The van der Waals surface area contributed by atoms with Gasteiger partial charge in [-0.2, -0.15) is 22.7 Å². The van der Waals surface area contributed by atoms with E-state index in [4.69, 9.17) is 4.74 Å². The first-order valence-electron chi connectivity index (χ1n) is 8.03. The predicted molar refractivity (Wildman–Crippen MR) is 82.0 cm³/mol. The van der Waals surface area contributed by atoms with E-state index in [1.54, 1.807) is 13.0 Å². The van der Waals surface area contributed by atoms with E-state index < -0.39 is 12.0 Å². The Labute approximate surface area is 137 Å². The van der Waals surface area contributed by atoms with Gasteiger partial charge in [0.1, 0.15) is 5.82 Å². The Bertz CT molecular complexity index is 730. The second-order valence-corrected chi connectivity index (χ2v) is 5.98. The Balaban J connectivity index is 2.11. The first-order chi connectivity index (χ1) is 11.3. The lowest BCUT2D eigenvalue weighted by molar-refractivity contribution is -0.144. The Hall–Kier alpha value is -1.90. The molecule has 0 spiro atoms. The molecule has 0 amide bonds. The molecule has 3 rings (SSSR count). The minimum absolute atomic E-state index is 0.0354. The van der Waals surface area contributed by atoms with Gasteiger partial charge in [0.15, 0.2) is 0 Å². The van der Waals surface area contributed by atoms with E-state index in [0.717, 1.165) is 12.8 Å². The van der Waals surface area contributed by atoms with Crippen LogP contribution in [-0.2, 0) is 10.9 Å². The van der Waals surface area contributed by atoms with E-state index in [-0.39, 0.29) is 17.9 Å². The van der Waals surface area contributed by atoms with Crippen LogP contribution in [0.5, 0.6) is 0 Å². The lowest BCUT2D eigenvalue weighted by Crippen LogP contribution is -2.50. The van der Waals surface area contributed by atoms with Crippen molar-refractivity contribution in [2.45, 2.75) is 51.9 Å². The van der Waals surface area contributed by atoms with Gasteiger partial charge in [-0.05, 0) is 19.8 Å². The Morgan fingerprint density at radius 1 is 1.25 bits per heavy atom. The highest BCUT2D eigenvalue weighted by atomic mass is 19.4. The molecule has 0 aromatic carbocycles. The number of aryl methyl sites for hydroxylation is 1. The first-order valence-corrected chi connectivity index (χ1v) is 8.03. The summed E-state index contributed by atoms with van der Waals surface area (Å²) < 4.78 is 45.9. The number of fused-ring (bicyclic) bond motifs is 1. The zero-order chi connectivity index (χ0) is 17.5. The average molecular weight is 343 g/mol. The third-order valence-corrected chi connectivity index (χ3v) is 4.26. The topological polar surface area (TPSA) is 55.6 Å². The van der Waals surface area contributed by atoms with Crippen LogP contribution >= 0.6 is 0 Å². The number of anilines is 1. The molecule has 0 aliphatic carbocycles. The smallest absolute Gasteiger partial charge is 0.374 e. The number of alkyl halides is 3. The molecule has 132 valence electrons. The Kier molecular flexibility index (Phi) is 4.37. The van der Waals surface area contributed by atoms with Gasteiger partial charge >= 0.3 is 6.18 Å². The van der Waals surface area contributed by atoms with Crippen LogP contribution in [0.3, 0.4) is 0 Å². The minimum atomic E-state index is -4.60. The number of ether oxygens (including phenoxy) is 1. The molecule has 3 heterocycles. The van der Waals surface area contributed by atoms with Gasteiger partial charge in [-0.25, -0.2) is 4.98 Å². The van der Waals surface area contributed by atoms with Crippen molar-refractivity contribution >= 4 is 11.6 Å². The molecule has 1 aliphatic rings. The number of hydrogen-bond acceptors (Lipinski definition) is 5.